The van der Waals surface area contributed by atoms with Crippen molar-refractivity contribution in [2.45, 2.75) is 6.92 Å². The lowest BCUT2D eigenvalue weighted by atomic mass is 10.3. The third-order valence-electron chi connectivity index (χ3n) is 1.37. The Morgan fingerprint density at radius 2 is 2.00 bits per heavy atom. The Labute approximate surface area is 85.8 Å². The molecule has 2 nitrogen and oxygen atoms in total. The van der Waals surface area contributed by atoms with E-state index in [1.165, 1.54) is 6.08 Å². The van der Waals surface area contributed by atoms with Gasteiger partial charge in [0.15, 0.2) is 0 Å². The van der Waals surface area contributed by atoms with Crippen LogP contribution in [0.3, 0.4) is 0 Å². The van der Waals surface area contributed by atoms with Crippen molar-refractivity contribution in [3.63, 3.8) is 0 Å². The lowest BCUT2D eigenvalue weighted by Crippen LogP contribution is -2.07. The van der Waals surface area contributed by atoms with E-state index in [0.29, 0.717) is 0 Å². The van der Waals surface area contributed by atoms with Crippen LogP contribution < -0.4 is 5.32 Å². The third-order valence-corrected chi connectivity index (χ3v) is 1.60. The highest BCUT2D eigenvalue weighted by Crippen LogP contribution is 2.06. The van der Waals surface area contributed by atoms with Crippen molar-refractivity contribution in [2.75, 3.05) is 5.32 Å². The van der Waals surface area contributed by atoms with Gasteiger partial charge in [-0.2, -0.15) is 0 Å². The Morgan fingerprint density at radius 3 is 2.54 bits per heavy atom. The summed E-state index contributed by atoms with van der Waals surface area (Å²) in [5.41, 5.74) is 0.803. The van der Waals surface area contributed by atoms with Crippen LogP contribution in [0.5, 0.6) is 0 Å². The van der Waals surface area contributed by atoms with Gasteiger partial charge >= 0.3 is 0 Å². The molecule has 1 amide bonds. The largest absolute Gasteiger partial charge is 0.322 e. The zero-order valence-corrected chi connectivity index (χ0v) is 8.84. The summed E-state index contributed by atoms with van der Waals surface area (Å²) in [4.78, 5) is 11.2. The number of halogens is 1. The molecule has 68 valence electrons. The van der Waals surface area contributed by atoms with Crippen molar-refractivity contribution in [1.29, 1.82) is 0 Å². The second kappa shape index (κ2) is 4.82. The molecular formula is C10H10BrNO. The minimum Gasteiger partial charge on any atom is -0.322 e. The van der Waals surface area contributed by atoms with Crippen LogP contribution in [0, 0.1) is 0 Å². The summed E-state index contributed by atoms with van der Waals surface area (Å²) in [5, 5.41) is 2.73. The maximum atomic E-state index is 11.2. The summed E-state index contributed by atoms with van der Waals surface area (Å²) < 4.78 is 0.806. The zero-order valence-electron chi connectivity index (χ0n) is 7.25. The number of carbonyl (C=O) groups is 1. The molecule has 0 heterocycles. The van der Waals surface area contributed by atoms with E-state index in [2.05, 4.69) is 21.2 Å². The first-order valence-electron chi connectivity index (χ1n) is 3.88. The SMILES string of the molecule is CC(Br)=CC(=O)Nc1ccccc1. The predicted octanol–water partition coefficient (Wildman–Crippen LogP) is 2.92. The number of hydrogen-bond donors (Lipinski definition) is 1. The summed E-state index contributed by atoms with van der Waals surface area (Å²) >= 11 is 3.19. The molecule has 0 aliphatic carbocycles. The van der Waals surface area contributed by atoms with E-state index in [4.69, 9.17) is 0 Å². The highest BCUT2D eigenvalue weighted by molar-refractivity contribution is 9.11. The van der Waals surface area contributed by atoms with Gasteiger partial charge in [0.25, 0.3) is 0 Å². The van der Waals surface area contributed by atoms with Gasteiger partial charge in [-0.15, -0.1) is 0 Å². The number of carbonyl (C=O) groups excluding carboxylic acids is 1. The molecule has 0 atom stereocenters. The fourth-order valence-electron chi connectivity index (χ4n) is 0.880. The fraction of sp³-hybridized carbons (Fsp3) is 0.100. The van der Waals surface area contributed by atoms with Crippen LogP contribution in [-0.4, -0.2) is 5.91 Å². The fourth-order valence-corrected chi connectivity index (χ4v) is 1.09. The topological polar surface area (TPSA) is 29.1 Å². The second-order valence-electron chi connectivity index (χ2n) is 2.59. The number of para-hydroxylation sites is 1. The molecule has 0 aliphatic heterocycles. The van der Waals surface area contributed by atoms with Crippen LogP contribution in [0.4, 0.5) is 5.69 Å². The van der Waals surface area contributed by atoms with Gasteiger partial charge in [0.1, 0.15) is 0 Å². The van der Waals surface area contributed by atoms with E-state index < -0.39 is 0 Å². The molecule has 0 spiro atoms. The number of benzene rings is 1. The highest BCUT2D eigenvalue weighted by Gasteiger charge is 1.96. The van der Waals surface area contributed by atoms with Crippen LogP contribution in [0.15, 0.2) is 40.9 Å². The molecule has 0 bridgehead atoms. The normalized spacial score (nSPS) is 11.1. The first kappa shape index (κ1) is 9.99. The molecular weight excluding hydrogens is 230 g/mol. The quantitative estimate of drug-likeness (QED) is 0.791. The van der Waals surface area contributed by atoms with E-state index in [-0.39, 0.29) is 5.91 Å². The average molecular weight is 240 g/mol. The van der Waals surface area contributed by atoms with Gasteiger partial charge < -0.3 is 5.32 Å². The van der Waals surface area contributed by atoms with Gasteiger partial charge in [0, 0.05) is 11.8 Å². The monoisotopic (exact) mass is 239 g/mol. The Kier molecular flexibility index (Phi) is 3.71. The summed E-state index contributed by atoms with van der Waals surface area (Å²) in [6.07, 6.45) is 1.49. The third kappa shape index (κ3) is 3.90. The number of allylic oxidation sites excluding steroid dienone is 1. The van der Waals surface area contributed by atoms with Crippen molar-refractivity contribution in [3.8, 4) is 0 Å². The van der Waals surface area contributed by atoms with Crippen molar-refractivity contribution < 1.29 is 4.79 Å². The number of anilines is 1. The highest BCUT2D eigenvalue weighted by atomic mass is 79.9. The number of hydrogen-bond acceptors (Lipinski definition) is 1. The van der Waals surface area contributed by atoms with Gasteiger partial charge in [-0.3, -0.25) is 4.79 Å². The number of nitrogens with one attached hydrogen (secondary N) is 1. The Bertz CT molecular complexity index is 315. The second-order valence-corrected chi connectivity index (χ2v) is 3.84. The van der Waals surface area contributed by atoms with Gasteiger partial charge in [-0.1, -0.05) is 34.1 Å². The van der Waals surface area contributed by atoms with Crippen LogP contribution >= 0.6 is 15.9 Å². The maximum Gasteiger partial charge on any atom is 0.249 e. The summed E-state index contributed by atoms with van der Waals surface area (Å²) in [7, 11) is 0. The van der Waals surface area contributed by atoms with E-state index in [1.54, 1.807) is 0 Å². The Morgan fingerprint density at radius 1 is 1.38 bits per heavy atom. The number of rotatable bonds is 2. The van der Waals surface area contributed by atoms with Crippen LogP contribution in [0.25, 0.3) is 0 Å². The lowest BCUT2D eigenvalue weighted by molar-refractivity contribution is -0.111. The molecule has 0 fully saturated rings. The smallest absolute Gasteiger partial charge is 0.249 e. The molecule has 3 heteroatoms. The maximum absolute atomic E-state index is 11.2. The molecule has 1 N–H and O–H groups in total. The molecule has 0 saturated carbocycles. The predicted molar refractivity (Wildman–Crippen MR) is 57.8 cm³/mol. The van der Waals surface area contributed by atoms with Crippen molar-refractivity contribution in [3.05, 3.63) is 40.9 Å². The molecule has 0 aliphatic rings. The average Bonchev–Trinajstić information content (AvgIpc) is 2.04. The Hall–Kier alpha value is -1.09. The lowest BCUT2D eigenvalue weighted by Gasteiger charge is -2.00. The summed E-state index contributed by atoms with van der Waals surface area (Å²) in [6, 6.07) is 9.34. The van der Waals surface area contributed by atoms with Crippen molar-refractivity contribution >= 4 is 27.5 Å². The summed E-state index contributed by atoms with van der Waals surface area (Å²) in [6.45, 7) is 1.81. The molecule has 13 heavy (non-hydrogen) atoms. The van der Waals surface area contributed by atoms with E-state index >= 15 is 0 Å². The molecule has 1 rings (SSSR count). The Balaban J connectivity index is 2.61. The van der Waals surface area contributed by atoms with Crippen molar-refractivity contribution in [1.82, 2.24) is 0 Å². The minimum atomic E-state index is -0.124. The molecule has 0 radical (unpaired) electrons. The first-order valence-corrected chi connectivity index (χ1v) is 4.67. The molecule has 0 unspecified atom stereocenters. The zero-order chi connectivity index (χ0) is 9.68. The van der Waals surface area contributed by atoms with Gasteiger partial charge in [0.2, 0.25) is 5.91 Å². The number of amides is 1. The van der Waals surface area contributed by atoms with Crippen LogP contribution in [0.2, 0.25) is 0 Å². The van der Waals surface area contributed by atoms with Gasteiger partial charge in [-0.25, -0.2) is 0 Å². The van der Waals surface area contributed by atoms with E-state index in [0.717, 1.165) is 10.2 Å². The summed E-state index contributed by atoms with van der Waals surface area (Å²) in [5.74, 6) is -0.124. The molecule has 0 aromatic heterocycles. The minimum absolute atomic E-state index is 0.124. The van der Waals surface area contributed by atoms with Gasteiger partial charge in [-0.05, 0) is 23.5 Å². The van der Waals surface area contributed by atoms with Gasteiger partial charge in [0.05, 0.1) is 0 Å². The standard InChI is InChI=1S/C10H10BrNO/c1-8(11)7-10(13)12-9-5-3-2-4-6-9/h2-7H,1H3,(H,12,13). The molecule has 1 aromatic carbocycles. The van der Waals surface area contributed by atoms with E-state index in [1.807, 2.05) is 37.3 Å². The molecule has 0 saturated heterocycles. The van der Waals surface area contributed by atoms with E-state index in [9.17, 15) is 4.79 Å². The van der Waals surface area contributed by atoms with Crippen LogP contribution in [0.1, 0.15) is 6.92 Å². The first-order chi connectivity index (χ1) is 6.18. The molecule has 1 aromatic rings. The van der Waals surface area contributed by atoms with Crippen LogP contribution in [-0.2, 0) is 4.79 Å². The van der Waals surface area contributed by atoms with Crippen molar-refractivity contribution in [2.24, 2.45) is 0 Å².